The zero-order valence-corrected chi connectivity index (χ0v) is 8.85. The summed E-state index contributed by atoms with van der Waals surface area (Å²) in [6.07, 6.45) is 0.279. The second-order valence-corrected chi connectivity index (χ2v) is 3.16. The van der Waals surface area contributed by atoms with Gasteiger partial charge in [-0.15, -0.1) is 0 Å². The minimum absolute atomic E-state index is 0.0862. The summed E-state index contributed by atoms with van der Waals surface area (Å²) in [6.45, 7) is 0. The SMILES string of the molecule is COC(=O)c1cc(C=O)c([N+](=O)[O-])cc1Cl. The first-order chi connectivity index (χ1) is 7.51. The molecule has 1 rings (SSSR count). The van der Waals surface area contributed by atoms with Crippen molar-refractivity contribution in [1.29, 1.82) is 0 Å². The highest BCUT2D eigenvalue weighted by Crippen LogP contribution is 2.26. The summed E-state index contributed by atoms with van der Waals surface area (Å²) in [4.78, 5) is 31.6. The molecule has 0 aliphatic carbocycles. The molecule has 0 aliphatic rings. The van der Waals surface area contributed by atoms with Gasteiger partial charge < -0.3 is 4.74 Å². The number of rotatable bonds is 3. The third kappa shape index (κ3) is 2.17. The number of hydrogen-bond donors (Lipinski definition) is 0. The molecule has 0 amide bonds. The zero-order chi connectivity index (χ0) is 12.3. The summed E-state index contributed by atoms with van der Waals surface area (Å²) in [5.74, 6) is -0.761. The Morgan fingerprint density at radius 2 is 2.19 bits per heavy atom. The van der Waals surface area contributed by atoms with Crippen LogP contribution in [-0.2, 0) is 4.74 Å². The fraction of sp³-hybridized carbons (Fsp3) is 0.111. The number of aldehydes is 1. The van der Waals surface area contributed by atoms with E-state index in [1.54, 1.807) is 0 Å². The van der Waals surface area contributed by atoms with E-state index in [1.165, 1.54) is 0 Å². The lowest BCUT2D eigenvalue weighted by molar-refractivity contribution is -0.385. The Hall–Kier alpha value is -1.95. The molecule has 0 bridgehead atoms. The molecule has 0 fully saturated rings. The maximum absolute atomic E-state index is 11.2. The van der Waals surface area contributed by atoms with Crippen molar-refractivity contribution >= 4 is 29.5 Å². The zero-order valence-electron chi connectivity index (χ0n) is 8.10. The summed E-state index contributed by atoms with van der Waals surface area (Å²) in [7, 11) is 1.14. The molecule has 0 aliphatic heterocycles. The van der Waals surface area contributed by atoms with Gasteiger partial charge in [0, 0.05) is 6.07 Å². The molecule has 0 heterocycles. The van der Waals surface area contributed by atoms with Crippen molar-refractivity contribution in [2.24, 2.45) is 0 Å². The van der Waals surface area contributed by atoms with Gasteiger partial charge in [0.2, 0.25) is 0 Å². The van der Waals surface area contributed by atoms with Crippen molar-refractivity contribution in [2.75, 3.05) is 7.11 Å². The number of nitro groups is 1. The van der Waals surface area contributed by atoms with Gasteiger partial charge in [0.15, 0.2) is 6.29 Å². The number of methoxy groups -OCH3 is 1. The monoisotopic (exact) mass is 243 g/mol. The first-order valence-electron chi connectivity index (χ1n) is 4.02. The molecule has 84 valence electrons. The average molecular weight is 244 g/mol. The lowest BCUT2D eigenvalue weighted by atomic mass is 10.1. The number of carbonyl (C=O) groups is 2. The molecule has 0 atom stereocenters. The van der Waals surface area contributed by atoms with Crippen molar-refractivity contribution in [3.8, 4) is 0 Å². The van der Waals surface area contributed by atoms with Crippen LogP contribution < -0.4 is 0 Å². The Bertz CT molecular complexity index is 471. The van der Waals surface area contributed by atoms with E-state index in [4.69, 9.17) is 11.6 Å². The second kappa shape index (κ2) is 4.71. The summed E-state index contributed by atoms with van der Waals surface area (Å²) >= 11 is 5.65. The predicted octanol–water partition coefficient (Wildman–Crippen LogP) is 1.85. The largest absolute Gasteiger partial charge is 0.465 e. The Balaban J connectivity index is 3.42. The van der Waals surface area contributed by atoms with Crippen LogP contribution in [0.25, 0.3) is 0 Å². The van der Waals surface area contributed by atoms with E-state index >= 15 is 0 Å². The Labute approximate surface area is 94.9 Å². The van der Waals surface area contributed by atoms with Gasteiger partial charge in [-0.3, -0.25) is 14.9 Å². The van der Waals surface area contributed by atoms with Crippen molar-refractivity contribution in [2.45, 2.75) is 0 Å². The molecule has 0 aromatic heterocycles. The van der Waals surface area contributed by atoms with Crippen molar-refractivity contribution in [1.82, 2.24) is 0 Å². The number of esters is 1. The van der Waals surface area contributed by atoms with Crippen molar-refractivity contribution < 1.29 is 19.2 Å². The third-order valence-electron chi connectivity index (χ3n) is 1.85. The highest BCUT2D eigenvalue weighted by atomic mass is 35.5. The first-order valence-corrected chi connectivity index (χ1v) is 4.40. The second-order valence-electron chi connectivity index (χ2n) is 2.76. The van der Waals surface area contributed by atoms with Gasteiger partial charge in [-0.2, -0.15) is 0 Å². The van der Waals surface area contributed by atoms with Gasteiger partial charge in [-0.1, -0.05) is 11.6 Å². The van der Waals surface area contributed by atoms with Crippen LogP contribution in [0.4, 0.5) is 5.69 Å². The summed E-state index contributed by atoms with van der Waals surface area (Å²) in [5.41, 5.74) is -0.765. The van der Waals surface area contributed by atoms with Crippen molar-refractivity contribution in [3.63, 3.8) is 0 Å². The lowest BCUT2D eigenvalue weighted by Crippen LogP contribution is -2.05. The average Bonchev–Trinajstić information content (AvgIpc) is 2.27. The minimum Gasteiger partial charge on any atom is -0.465 e. The normalized spacial score (nSPS) is 9.62. The van der Waals surface area contributed by atoms with E-state index in [0.717, 1.165) is 19.2 Å². The Morgan fingerprint density at radius 1 is 1.56 bits per heavy atom. The van der Waals surface area contributed by atoms with Gasteiger partial charge >= 0.3 is 5.97 Å². The minimum atomic E-state index is -0.761. The van der Waals surface area contributed by atoms with E-state index in [1.807, 2.05) is 0 Å². The fourth-order valence-corrected chi connectivity index (χ4v) is 1.33. The molecule has 7 heteroatoms. The quantitative estimate of drug-likeness (QED) is 0.350. The number of hydrogen-bond acceptors (Lipinski definition) is 5. The van der Waals surface area contributed by atoms with Crippen LogP contribution >= 0.6 is 11.6 Å². The number of ether oxygens (including phenoxy) is 1. The van der Waals surface area contributed by atoms with Crippen LogP contribution in [0.5, 0.6) is 0 Å². The van der Waals surface area contributed by atoms with Gasteiger partial charge in [0.05, 0.1) is 28.2 Å². The third-order valence-corrected chi connectivity index (χ3v) is 2.16. The van der Waals surface area contributed by atoms with Crippen LogP contribution in [0.1, 0.15) is 20.7 Å². The maximum atomic E-state index is 11.2. The number of nitro benzene ring substituents is 1. The van der Waals surface area contributed by atoms with Gasteiger partial charge in [-0.05, 0) is 6.07 Å². The predicted molar refractivity (Wildman–Crippen MR) is 54.8 cm³/mol. The lowest BCUT2D eigenvalue weighted by Gasteiger charge is -2.03. The van der Waals surface area contributed by atoms with E-state index < -0.39 is 16.6 Å². The summed E-state index contributed by atoms with van der Waals surface area (Å²) in [6, 6.07) is 1.97. The van der Waals surface area contributed by atoms with E-state index in [2.05, 4.69) is 4.74 Å². The smallest absolute Gasteiger partial charge is 0.339 e. The van der Waals surface area contributed by atoms with Crippen LogP contribution in [0.3, 0.4) is 0 Å². The van der Waals surface area contributed by atoms with Crippen LogP contribution in [0.2, 0.25) is 5.02 Å². The molecule has 1 aromatic carbocycles. The van der Waals surface area contributed by atoms with Crippen LogP contribution in [0, 0.1) is 10.1 Å². The topological polar surface area (TPSA) is 86.5 Å². The number of benzene rings is 1. The molecule has 6 nitrogen and oxygen atoms in total. The van der Waals surface area contributed by atoms with Gasteiger partial charge in [0.25, 0.3) is 5.69 Å². The molecule has 0 saturated carbocycles. The van der Waals surface area contributed by atoms with E-state index in [0.29, 0.717) is 0 Å². The highest BCUT2D eigenvalue weighted by molar-refractivity contribution is 6.34. The highest BCUT2D eigenvalue weighted by Gasteiger charge is 2.20. The number of carbonyl (C=O) groups excluding carboxylic acids is 2. The number of halogens is 1. The van der Waals surface area contributed by atoms with Crippen LogP contribution in [-0.4, -0.2) is 24.3 Å². The molecule has 0 unspecified atom stereocenters. The molecule has 0 N–H and O–H groups in total. The van der Waals surface area contributed by atoms with Crippen molar-refractivity contribution in [3.05, 3.63) is 38.4 Å². The molecule has 0 radical (unpaired) electrons. The molecule has 1 aromatic rings. The molecule has 0 saturated heterocycles. The molecule has 0 spiro atoms. The molecule has 16 heavy (non-hydrogen) atoms. The van der Waals surface area contributed by atoms with E-state index in [9.17, 15) is 19.7 Å². The summed E-state index contributed by atoms with van der Waals surface area (Å²) in [5, 5.41) is 10.4. The Morgan fingerprint density at radius 3 is 2.62 bits per heavy atom. The van der Waals surface area contributed by atoms with Crippen LogP contribution in [0.15, 0.2) is 12.1 Å². The first kappa shape index (κ1) is 12.1. The Kier molecular flexibility index (Phi) is 3.57. The maximum Gasteiger partial charge on any atom is 0.339 e. The molecular weight excluding hydrogens is 238 g/mol. The van der Waals surface area contributed by atoms with Gasteiger partial charge in [0.1, 0.15) is 0 Å². The van der Waals surface area contributed by atoms with Gasteiger partial charge in [-0.25, -0.2) is 4.79 Å². The van der Waals surface area contributed by atoms with E-state index in [-0.39, 0.29) is 22.4 Å². The standard InChI is InChI=1S/C9H6ClNO5/c1-16-9(13)6-2-5(4-12)8(11(14)15)3-7(6)10/h2-4H,1H3. The fourth-order valence-electron chi connectivity index (χ4n) is 1.10. The molecular formula is C9H6ClNO5. The number of nitrogens with zero attached hydrogens (tertiary/aromatic N) is 1. The summed E-state index contributed by atoms with van der Waals surface area (Å²) < 4.78 is 4.41.